The molecule has 0 saturated heterocycles. The Balaban J connectivity index is 1.49. The molecule has 2 heterocycles. The second kappa shape index (κ2) is 8.73. The molecule has 0 spiro atoms. The molecule has 27 heavy (non-hydrogen) atoms. The molecule has 0 aliphatic carbocycles. The number of H-pyrrole nitrogens is 1. The quantitative estimate of drug-likeness (QED) is 0.581. The molecule has 2 amide bonds. The number of carbonyl (C=O) groups is 2. The first kappa shape index (κ1) is 19.0. The van der Waals surface area contributed by atoms with Gasteiger partial charge < -0.3 is 4.74 Å². The van der Waals surface area contributed by atoms with E-state index in [-0.39, 0.29) is 17.1 Å². The van der Waals surface area contributed by atoms with E-state index in [1.54, 1.807) is 0 Å². The number of hydrogen-bond donors (Lipinski definition) is 2. The van der Waals surface area contributed by atoms with Crippen LogP contribution in [0.3, 0.4) is 0 Å². The predicted octanol–water partition coefficient (Wildman–Crippen LogP) is 3.18. The van der Waals surface area contributed by atoms with Gasteiger partial charge in [0.15, 0.2) is 5.82 Å². The number of imide groups is 1. The van der Waals surface area contributed by atoms with Crippen molar-refractivity contribution in [3.8, 4) is 16.5 Å². The second-order valence-corrected chi connectivity index (χ2v) is 6.90. The van der Waals surface area contributed by atoms with Crippen LogP contribution in [0.25, 0.3) is 10.7 Å². The molecule has 0 aliphatic heterocycles. The van der Waals surface area contributed by atoms with Gasteiger partial charge in [-0.1, -0.05) is 17.8 Å². The molecule has 0 unspecified atom stereocenters. The number of nitrogens with one attached hydrogen (secondary N) is 2. The number of ether oxygens (including phenoxy) is 1. The van der Waals surface area contributed by atoms with Crippen molar-refractivity contribution in [1.29, 1.82) is 0 Å². The summed E-state index contributed by atoms with van der Waals surface area (Å²) in [6.07, 6.45) is 0. The molecular weight excluding hydrogens is 398 g/mol. The summed E-state index contributed by atoms with van der Waals surface area (Å²) in [5, 5.41) is 11.3. The average molecular weight is 410 g/mol. The first-order valence-corrected chi connectivity index (χ1v) is 9.36. The molecule has 140 valence electrons. The van der Waals surface area contributed by atoms with Gasteiger partial charge in [-0.15, -0.1) is 16.4 Å². The maximum atomic E-state index is 12.1. The standard InChI is InChI=1S/C16H12F2N4O3S2/c17-15(18)25-10-5-3-9(4-6-10)14(24)19-12(23)8-27-16-20-13(21-22-16)11-2-1-7-26-11/h1-7,15H,8H2,(H,19,23,24)(H,20,21,22). The van der Waals surface area contributed by atoms with E-state index in [1.165, 1.54) is 35.6 Å². The zero-order valence-corrected chi connectivity index (χ0v) is 15.2. The molecule has 0 radical (unpaired) electrons. The van der Waals surface area contributed by atoms with Gasteiger partial charge in [0.2, 0.25) is 11.1 Å². The molecule has 0 aliphatic rings. The summed E-state index contributed by atoms with van der Waals surface area (Å²) in [5.41, 5.74) is 0.146. The Hall–Kier alpha value is -2.79. The lowest BCUT2D eigenvalue weighted by molar-refractivity contribution is -0.117. The van der Waals surface area contributed by atoms with Crippen molar-refractivity contribution in [2.75, 3.05) is 5.75 Å². The highest BCUT2D eigenvalue weighted by Gasteiger charge is 2.13. The van der Waals surface area contributed by atoms with Crippen LogP contribution in [0.15, 0.2) is 46.9 Å². The van der Waals surface area contributed by atoms with Crippen molar-refractivity contribution >= 4 is 34.9 Å². The molecule has 11 heteroatoms. The van der Waals surface area contributed by atoms with Crippen LogP contribution in [0.4, 0.5) is 8.78 Å². The molecule has 0 atom stereocenters. The molecule has 3 aromatic rings. The molecule has 1 aromatic carbocycles. The summed E-state index contributed by atoms with van der Waals surface area (Å²) < 4.78 is 28.4. The van der Waals surface area contributed by atoms with Gasteiger partial charge >= 0.3 is 6.61 Å². The Morgan fingerprint density at radius 3 is 2.70 bits per heavy atom. The number of aromatic amines is 1. The zero-order valence-electron chi connectivity index (χ0n) is 13.5. The fraction of sp³-hybridized carbons (Fsp3) is 0.125. The highest BCUT2D eigenvalue weighted by Crippen LogP contribution is 2.23. The van der Waals surface area contributed by atoms with Crippen molar-refractivity contribution in [3.63, 3.8) is 0 Å². The highest BCUT2D eigenvalue weighted by atomic mass is 32.2. The third-order valence-corrected chi connectivity index (χ3v) is 4.87. The van der Waals surface area contributed by atoms with Crippen molar-refractivity contribution in [1.82, 2.24) is 20.5 Å². The van der Waals surface area contributed by atoms with Crippen molar-refractivity contribution in [2.45, 2.75) is 11.8 Å². The number of nitrogens with zero attached hydrogens (tertiary/aromatic N) is 2. The van der Waals surface area contributed by atoms with Gasteiger partial charge in [0.05, 0.1) is 10.6 Å². The number of halogens is 2. The Labute approximate surface area is 160 Å². The number of benzene rings is 1. The van der Waals surface area contributed by atoms with Gasteiger partial charge in [0, 0.05) is 5.56 Å². The van der Waals surface area contributed by atoms with Crippen LogP contribution >= 0.6 is 23.1 Å². The van der Waals surface area contributed by atoms with Crippen LogP contribution in [0.2, 0.25) is 0 Å². The number of rotatable bonds is 7. The van der Waals surface area contributed by atoms with Gasteiger partial charge in [0.25, 0.3) is 5.91 Å². The summed E-state index contributed by atoms with van der Waals surface area (Å²) >= 11 is 2.58. The largest absolute Gasteiger partial charge is 0.435 e. The molecule has 2 aromatic heterocycles. The minimum Gasteiger partial charge on any atom is -0.435 e. The van der Waals surface area contributed by atoms with Gasteiger partial charge in [-0.25, -0.2) is 4.98 Å². The summed E-state index contributed by atoms with van der Waals surface area (Å²) in [6.45, 7) is -2.95. The summed E-state index contributed by atoms with van der Waals surface area (Å²) in [5.74, 6) is -0.691. The van der Waals surface area contributed by atoms with Crippen LogP contribution in [0, 0.1) is 0 Å². The second-order valence-electron chi connectivity index (χ2n) is 5.01. The lowest BCUT2D eigenvalue weighted by Crippen LogP contribution is -2.31. The number of thioether (sulfide) groups is 1. The van der Waals surface area contributed by atoms with Crippen LogP contribution in [-0.4, -0.2) is 39.4 Å². The van der Waals surface area contributed by atoms with E-state index >= 15 is 0 Å². The summed E-state index contributed by atoms with van der Waals surface area (Å²) in [6, 6.07) is 8.80. The van der Waals surface area contributed by atoms with E-state index < -0.39 is 18.4 Å². The fourth-order valence-electron chi connectivity index (χ4n) is 1.99. The fourth-order valence-corrected chi connectivity index (χ4v) is 3.25. The minimum atomic E-state index is -2.95. The molecular formula is C16H12F2N4O3S2. The number of thiophene rings is 1. The lowest BCUT2D eigenvalue weighted by atomic mass is 10.2. The number of hydrogen-bond acceptors (Lipinski definition) is 7. The van der Waals surface area contributed by atoms with Crippen LogP contribution in [0.5, 0.6) is 5.75 Å². The number of alkyl halides is 2. The summed E-state index contributed by atoms with van der Waals surface area (Å²) in [7, 11) is 0. The predicted molar refractivity (Wildman–Crippen MR) is 96.0 cm³/mol. The Bertz CT molecular complexity index is 914. The van der Waals surface area contributed by atoms with Crippen molar-refractivity contribution in [2.24, 2.45) is 0 Å². The maximum Gasteiger partial charge on any atom is 0.387 e. The Morgan fingerprint density at radius 2 is 2.04 bits per heavy atom. The smallest absolute Gasteiger partial charge is 0.387 e. The Kier molecular flexibility index (Phi) is 6.14. The van der Waals surface area contributed by atoms with Crippen molar-refractivity contribution < 1.29 is 23.1 Å². The third-order valence-electron chi connectivity index (χ3n) is 3.15. The van der Waals surface area contributed by atoms with E-state index in [4.69, 9.17) is 0 Å². The van der Waals surface area contributed by atoms with E-state index in [2.05, 4.69) is 25.2 Å². The average Bonchev–Trinajstić information content (AvgIpc) is 3.31. The third kappa shape index (κ3) is 5.34. The van der Waals surface area contributed by atoms with Gasteiger partial charge in [-0.3, -0.25) is 20.0 Å². The summed E-state index contributed by atoms with van der Waals surface area (Å²) in [4.78, 5) is 29.1. The Morgan fingerprint density at radius 1 is 1.26 bits per heavy atom. The van der Waals surface area contributed by atoms with E-state index in [9.17, 15) is 18.4 Å². The molecule has 2 N–H and O–H groups in total. The van der Waals surface area contributed by atoms with Crippen molar-refractivity contribution in [3.05, 3.63) is 47.3 Å². The molecule has 0 bridgehead atoms. The van der Waals surface area contributed by atoms with E-state index in [0.29, 0.717) is 11.0 Å². The maximum absolute atomic E-state index is 12.1. The number of carbonyl (C=O) groups excluding carboxylic acids is 2. The van der Waals surface area contributed by atoms with Crippen LogP contribution in [0.1, 0.15) is 10.4 Å². The molecule has 7 nitrogen and oxygen atoms in total. The minimum absolute atomic E-state index is 0.0555. The van der Waals surface area contributed by atoms with Gasteiger partial charge in [-0.2, -0.15) is 8.78 Å². The SMILES string of the molecule is O=C(CSc1n[nH]c(-c2cccs2)n1)NC(=O)c1ccc(OC(F)F)cc1. The normalized spacial score (nSPS) is 10.8. The first-order valence-electron chi connectivity index (χ1n) is 7.49. The molecule has 0 saturated carbocycles. The monoisotopic (exact) mass is 410 g/mol. The molecule has 3 rings (SSSR count). The van der Waals surface area contributed by atoms with E-state index in [0.717, 1.165) is 16.6 Å². The zero-order chi connectivity index (χ0) is 19.2. The number of aromatic nitrogens is 3. The van der Waals surface area contributed by atoms with Gasteiger partial charge in [-0.05, 0) is 35.7 Å². The highest BCUT2D eigenvalue weighted by molar-refractivity contribution is 7.99. The van der Waals surface area contributed by atoms with Crippen LogP contribution < -0.4 is 10.1 Å². The topological polar surface area (TPSA) is 97.0 Å². The molecule has 0 fully saturated rings. The number of amides is 2. The van der Waals surface area contributed by atoms with Crippen LogP contribution in [-0.2, 0) is 4.79 Å². The lowest BCUT2D eigenvalue weighted by Gasteiger charge is -2.06. The van der Waals surface area contributed by atoms with Gasteiger partial charge in [0.1, 0.15) is 5.75 Å². The first-order chi connectivity index (χ1) is 13.0. The van der Waals surface area contributed by atoms with E-state index in [1.807, 2.05) is 17.5 Å².